The Bertz CT molecular complexity index is 588. The Hall–Kier alpha value is -2.00. The van der Waals surface area contributed by atoms with Gasteiger partial charge in [-0.05, 0) is 67.1 Å². The number of phenolic OH excluding ortho intramolecular Hbond substituents is 1. The van der Waals surface area contributed by atoms with E-state index in [-0.39, 0.29) is 12.4 Å². The van der Waals surface area contributed by atoms with Crippen LogP contribution in [0.3, 0.4) is 0 Å². The number of aliphatic hydroxyl groups excluding tert-OH is 1. The van der Waals surface area contributed by atoms with E-state index in [0.717, 1.165) is 36.1 Å². The maximum atomic E-state index is 9.32. The number of hydrogen-bond acceptors (Lipinski definition) is 3. The first-order valence-corrected chi connectivity index (χ1v) is 7.34. The van der Waals surface area contributed by atoms with Crippen molar-refractivity contribution in [3.8, 4) is 17.2 Å². The van der Waals surface area contributed by atoms with E-state index in [0.29, 0.717) is 5.75 Å². The molecule has 0 aromatic heterocycles. The van der Waals surface area contributed by atoms with Gasteiger partial charge in [0.15, 0.2) is 0 Å². The lowest BCUT2D eigenvalue weighted by atomic mass is 10.00. The predicted octanol–water partition coefficient (Wildman–Crippen LogP) is 3.98. The highest BCUT2D eigenvalue weighted by Crippen LogP contribution is 2.31. The molecule has 3 heteroatoms. The second kappa shape index (κ2) is 7.14. The van der Waals surface area contributed by atoms with Crippen LogP contribution in [0.4, 0.5) is 0 Å². The Kier molecular flexibility index (Phi) is 5.23. The summed E-state index contributed by atoms with van der Waals surface area (Å²) in [5.74, 6) is 1.83. The molecule has 0 saturated heterocycles. The van der Waals surface area contributed by atoms with Crippen LogP contribution in [-0.4, -0.2) is 16.8 Å². The molecule has 112 valence electrons. The average molecular weight is 286 g/mol. The van der Waals surface area contributed by atoms with Crippen LogP contribution >= 0.6 is 0 Å². The smallest absolute Gasteiger partial charge is 0.133 e. The van der Waals surface area contributed by atoms with Crippen LogP contribution in [0.15, 0.2) is 36.4 Å². The van der Waals surface area contributed by atoms with Gasteiger partial charge < -0.3 is 14.9 Å². The third-order valence-electron chi connectivity index (χ3n) is 3.47. The van der Waals surface area contributed by atoms with Gasteiger partial charge in [0.2, 0.25) is 0 Å². The Morgan fingerprint density at radius 3 is 2.43 bits per heavy atom. The lowest BCUT2D eigenvalue weighted by Gasteiger charge is -2.15. The fourth-order valence-electron chi connectivity index (χ4n) is 2.40. The average Bonchev–Trinajstić information content (AvgIpc) is 2.49. The maximum Gasteiger partial charge on any atom is 0.133 e. The molecule has 0 atom stereocenters. The second-order valence-electron chi connectivity index (χ2n) is 5.18. The molecule has 0 radical (unpaired) electrons. The molecular formula is C18H22O3. The van der Waals surface area contributed by atoms with Gasteiger partial charge in [-0.25, -0.2) is 0 Å². The fourth-order valence-corrected chi connectivity index (χ4v) is 2.40. The molecule has 0 aliphatic carbocycles. The SMILES string of the molecule is CCc1cc(CCCO)cc(C)c1Oc1ccc(O)cc1. The molecule has 2 aromatic rings. The maximum absolute atomic E-state index is 9.32. The number of aromatic hydroxyl groups is 1. The summed E-state index contributed by atoms with van der Waals surface area (Å²) in [6, 6.07) is 11.0. The monoisotopic (exact) mass is 286 g/mol. The molecule has 0 aliphatic heterocycles. The van der Waals surface area contributed by atoms with E-state index in [9.17, 15) is 5.11 Å². The third-order valence-corrected chi connectivity index (χ3v) is 3.47. The van der Waals surface area contributed by atoms with Crippen molar-refractivity contribution in [3.05, 3.63) is 53.1 Å². The molecule has 0 aliphatic rings. The molecular weight excluding hydrogens is 264 g/mol. The van der Waals surface area contributed by atoms with Crippen LogP contribution in [0.2, 0.25) is 0 Å². The van der Waals surface area contributed by atoms with Crippen LogP contribution in [0.1, 0.15) is 30.0 Å². The van der Waals surface area contributed by atoms with Gasteiger partial charge in [0.25, 0.3) is 0 Å². The van der Waals surface area contributed by atoms with Crippen molar-refractivity contribution < 1.29 is 14.9 Å². The van der Waals surface area contributed by atoms with Crippen molar-refractivity contribution in [2.75, 3.05) is 6.61 Å². The van der Waals surface area contributed by atoms with Crippen LogP contribution in [0, 0.1) is 6.92 Å². The molecule has 21 heavy (non-hydrogen) atoms. The predicted molar refractivity (Wildman–Crippen MR) is 84.1 cm³/mol. The van der Waals surface area contributed by atoms with Gasteiger partial charge in [0.1, 0.15) is 17.2 Å². The topological polar surface area (TPSA) is 49.7 Å². The number of benzene rings is 2. The normalized spacial score (nSPS) is 10.6. The van der Waals surface area contributed by atoms with Crippen LogP contribution in [-0.2, 0) is 12.8 Å². The minimum Gasteiger partial charge on any atom is -0.508 e. The molecule has 2 aromatic carbocycles. The highest BCUT2D eigenvalue weighted by atomic mass is 16.5. The van der Waals surface area contributed by atoms with Gasteiger partial charge in [-0.1, -0.05) is 19.1 Å². The summed E-state index contributed by atoms with van der Waals surface area (Å²) in [5, 5.41) is 18.3. The van der Waals surface area contributed by atoms with Crippen LogP contribution in [0.5, 0.6) is 17.2 Å². The molecule has 0 unspecified atom stereocenters. The highest BCUT2D eigenvalue weighted by molar-refractivity contribution is 5.47. The number of phenols is 1. The molecule has 0 spiro atoms. The summed E-state index contributed by atoms with van der Waals surface area (Å²) in [5.41, 5.74) is 3.49. The summed E-state index contributed by atoms with van der Waals surface area (Å²) in [6.07, 6.45) is 2.55. The van der Waals surface area contributed by atoms with E-state index in [2.05, 4.69) is 19.1 Å². The Morgan fingerprint density at radius 1 is 1.10 bits per heavy atom. The summed E-state index contributed by atoms with van der Waals surface area (Å²) in [6.45, 7) is 4.36. The number of rotatable bonds is 6. The van der Waals surface area contributed by atoms with E-state index in [4.69, 9.17) is 9.84 Å². The van der Waals surface area contributed by atoms with Gasteiger partial charge in [-0.3, -0.25) is 0 Å². The molecule has 0 saturated carbocycles. The van der Waals surface area contributed by atoms with Crippen molar-refractivity contribution in [2.24, 2.45) is 0 Å². The first-order valence-electron chi connectivity index (χ1n) is 7.34. The van der Waals surface area contributed by atoms with E-state index in [1.165, 1.54) is 5.56 Å². The summed E-state index contributed by atoms with van der Waals surface area (Å²) < 4.78 is 5.99. The van der Waals surface area contributed by atoms with Crippen LogP contribution in [0.25, 0.3) is 0 Å². The molecule has 3 nitrogen and oxygen atoms in total. The van der Waals surface area contributed by atoms with Crippen LogP contribution < -0.4 is 4.74 Å². The zero-order valence-corrected chi connectivity index (χ0v) is 12.6. The molecule has 0 fully saturated rings. The number of ether oxygens (including phenoxy) is 1. The molecule has 0 heterocycles. The standard InChI is InChI=1S/C18H22O3/c1-3-15-12-14(5-4-10-19)11-13(2)18(15)21-17-8-6-16(20)7-9-17/h6-9,11-12,19-20H,3-5,10H2,1-2H3. The molecule has 2 N–H and O–H groups in total. The van der Waals surface area contributed by atoms with Crippen molar-refractivity contribution in [3.63, 3.8) is 0 Å². The largest absolute Gasteiger partial charge is 0.508 e. The van der Waals surface area contributed by atoms with E-state index in [1.807, 2.05) is 6.92 Å². The van der Waals surface area contributed by atoms with E-state index >= 15 is 0 Å². The van der Waals surface area contributed by atoms with Crippen molar-refractivity contribution in [1.29, 1.82) is 0 Å². The summed E-state index contributed by atoms with van der Waals surface area (Å²) in [4.78, 5) is 0. The minimum absolute atomic E-state index is 0.215. The number of aliphatic hydroxyl groups is 1. The van der Waals surface area contributed by atoms with Gasteiger partial charge in [-0.2, -0.15) is 0 Å². The number of hydrogen-bond donors (Lipinski definition) is 2. The van der Waals surface area contributed by atoms with Crippen molar-refractivity contribution >= 4 is 0 Å². The van der Waals surface area contributed by atoms with Crippen molar-refractivity contribution in [2.45, 2.75) is 33.1 Å². The van der Waals surface area contributed by atoms with Gasteiger partial charge in [0, 0.05) is 6.61 Å². The molecule has 2 rings (SSSR count). The van der Waals surface area contributed by atoms with Crippen molar-refractivity contribution in [1.82, 2.24) is 0 Å². The molecule has 0 bridgehead atoms. The van der Waals surface area contributed by atoms with Gasteiger partial charge >= 0.3 is 0 Å². The van der Waals surface area contributed by atoms with E-state index in [1.54, 1.807) is 24.3 Å². The lowest BCUT2D eigenvalue weighted by Crippen LogP contribution is -1.98. The van der Waals surface area contributed by atoms with Gasteiger partial charge in [-0.15, -0.1) is 0 Å². The molecule has 0 amide bonds. The Labute approximate surface area is 125 Å². The third kappa shape index (κ3) is 3.99. The summed E-state index contributed by atoms with van der Waals surface area (Å²) >= 11 is 0. The lowest BCUT2D eigenvalue weighted by molar-refractivity contribution is 0.288. The van der Waals surface area contributed by atoms with E-state index < -0.39 is 0 Å². The summed E-state index contributed by atoms with van der Waals surface area (Å²) in [7, 11) is 0. The zero-order chi connectivity index (χ0) is 15.2. The first kappa shape index (κ1) is 15.4. The number of aryl methyl sites for hydroxylation is 3. The fraction of sp³-hybridized carbons (Fsp3) is 0.333. The highest BCUT2D eigenvalue weighted by Gasteiger charge is 2.10. The minimum atomic E-state index is 0.215. The Morgan fingerprint density at radius 2 is 1.81 bits per heavy atom. The quantitative estimate of drug-likeness (QED) is 0.844. The second-order valence-corrected chi connectivity index (χ2v) is 5.18. The Balaban J connectivity index is 2.27. The first-order chi connectivity index (χ1) is 10.1. The van der Waals surface area contributed by atoms with Gasteiger partial charge in [0.05, 0.1) is 0 Å². The zero-order valence-electron chi connectivity index (χ0n) is 12.6.